The third kappa shape index (κ3) is 35.3. The summed E-state index contributed by atoms with van der Waals surface area (Å²) in [6.45, 7) is 0. The summed E-state index contributed by atoms with van der Waals surface area (Å²) >= 11 is 0. The Morgan fingerprint density at radius 2 is 1.00 bits per heavy atom. The SMILES string of the molecule is O=S(=O)(O)[c-]1cccc1.O=S(=O)([O-])O.O=S(=O)([O-])O.[Zr+4].c1cc[cH-]c1. The molecule has 0 aromatic heterocycles. The summed E-state index contributed by atoms with van der Waals surface area (Å²) in [4.78, 5) is -0.0532. The van der Waals surface area contributed by atoms with E-state index in [9.17, 15) is 8.42 Å². The molecule has 0 heterocycles. The second-order valence-corrected chi connectivity index (χ2v) is 6.55. The van der Waals surface area contributed by atoms with E-state index in [0.717, 1.165) is 0 Å². The molecule has 0 amide bonds. The molecule has 0 spiro atoms. The maximum atomic E-state index is 10.2. The molecule has 0 saturated heterocycles. The van der Waals surface area contributed by atoms with Crippen molar-refractivity contribution in [2.75, 3.05) is 0 Å². The van der Waals surface area contributed by atoms with Gasteiger partial charge in [-0.3, -0.25) is 13.7 Å². The van der Waals surface area contributed by atoms with Gasteiger partial charge in [-0.2, -0.15) is 30.3 Å². The minimum Gasteiger partial charge on any atom is -0.726 e. The van der Waals surface area contributed by atoms with Crippen LogP contribution in [0.1, 0.15) is 0 Å². The standard InChI is InChI=1S/C5H5O3S.C5H5.2H2O4S.Zr/c6-9(7,8)5-3-1-2-4-5;1-2-4-5-3-1;2*1-5(2,3)4;/h1-4H,(H,6,7,8);1-5H;2*(H2,1,2,3,4);/q2*-1;;;+4/p-2. The van der Waals surface area contributed by atoms with Crippen molar-refractivity contribution in [3.05, 3.63) is 54.6 Å². The fraction of sp³-hybridized carbons (Fsp3) is 0. The molecule has 3 N–H and O–H groups in total. The zero-order valence-electron chi connectivity index (χ0n) is 12.0. The van der Waals surface area contributed by atoms with E-state index >= 15 is 0 Å². The second kappa shape index (κ2) is 13.4. The molecule has 2 aromatic carbocycles. The molecule has 15 heteroatoms. The van der Waals surface area contributed by atoms with Crippen molar-refractivity contribution in [1.82, 2.24) is 0 Å². The van der Waals surface area contributed by atoms with Gasteiger partial charge in [0.05, 0.1) is 0 Å². The van der Waals surface area contributed by atoms with Crippen LogP contribution < -0.4 is 0 Å². The Labute approximate surface area is 164 Å². The molecular weight excluding hydrogens is 484 g/mol. The number of hydrogen-bond acceptors (Lipinski definition) is 8. The van der Waals surface area contributed by atoms with E-state index in [0.29, 0.717) is 0 Å². The van der Waals surface area contributed by atoms with Crippen LogP contribution in [0.15, 0.2) is 59.5 Å². The van der Waals surface area contributed by atoms with Crippen molar-refractivity contribution in [2.24, 2.45) is 0 Å². The molecule has 25 heavy (non-hydrogen) atoms. The summed E-state index contributed by atoms with van der Waals surface area (Å²) < 4.78 is 94.5. The molecule has 0 fully saturated rings. The minimum absolute atomic E-state index is 0. The quantitative estimate of drug-likeness (QED) is 0.273. The molecule has 11 nitrogen and oxygen atoms in total. The van der Waals surface area contributed by atoms with Crippen molar-refractivity contribution in [1.29, 1.82) is 0 Å². The molecule has 0 radical (unpaired) electrons. The topological polar surface area (TPSA) is 209 Å². The predicted molar refractivity (Wildman–Crippen MR) is 78.5 cm³/mol. The van der Waals surface area contributed by atoms with Crippen LogP contribution in [0, 0.1) is 0 Å². The fourth-order valence-corrected chi connectivity index (χ4v) is 1.35. The predicted octanol–water partition coefficient (Wildman–Crippen LogP) is 0.0644. The number of hydrogen-bond donors (Lipinski definition) is 3. The first kappa shape index (κ1) is 29.0. The van der Waals surface area contributed by atoms with Gasteiger partial charge in [-0.05, 0) is 4.90 Å². The first-order valence-electron chi connectivity index (χ1n) is 5.33. The van der Waals surface area contributed by atoms with E-state index in [1.54, 1.807) is 12.1 Å². The van der Waals surface area contributed by atoms with Crippen LogP contribution >= 0.6 is 0 Å². The summed E-state index contributed by atoms with van der Waals surface area (Å²) in [6, 6.07) is 15.7. The second-order valence-electron chi connectivity index (χ2n) is 3.41. The van der Waals surface area contributed by atoms with Crippen LogP contribution in [0.5, 0.6) is 0 Å². The molecule has 0 saturated carbocycles. The van der Waals surface area contributed by atoms with Gasteiger partial charge < -0.3 is 9.11 Å². The molecule has 140 valence electrons. The Hall–Kier alpha value is -0.767. The first-order valence-corrected chi connectivity index (χ1v) is 9.50. The normalized spacial score (nSPS) is 10.4. The Kier molecular flexibility index (Phi) is 15.6. The van der Waals surface area contributed by atoms with E-state index < -0.39 is 30.9 Å². The van der Waals surface area contributed by atoms with Crippen molar-refractivity contribution < 1.29 is 74.2 Å². The van der Waals surface area contributed by atoms with Gasteiger partial charge in [0.1, 0.15) is 0 Å². The van der Waals surface area contributed by atoms with Gasteiger partial charge in [0.15, 0.2) is 0 Å². The summed E-state index contributed by atoms with van der Waals surface area (Å²) in [5.74, 6) is 0. The average molecular weight is 496 g/mol. The molecule has 0 aliphatic heterocycles. The monoisotopic (exact) mass is 494 g/mol. The van der Waals surface area contributed by atoms with Gasteiger partial charge in [-0.15, -0.1) is 0 Å². The van der Waals surface area contributed by atoms with Crippen LogP contribution in [-0.4, -0.2) is 48.0 Å². The maximum absolute atomic E-state index is 10.2. The summed E-state index contributed by atoms with van der Waals surface area (Å²) in [7, 11) is -13.8. The van der Waals surface area contributed by atoms with Crippen LogP contribution in [0.3, 0.4) is 0 Å². The third-order valence-electron chi connectivity index (χ3n) is 1.49. The summed E-state index contributed by atoms with van der Waals surface area (Å²) in [5.41, 5.74) is 0. The smallest absolute Gasteiger partial charge is 0.726 e. The summed E-state index contributed by atoms with van der Waals surface area (Å²) in [5, 5.41) is 0. The first-order chi connectivity index (χ1) is 10.6. The molecule has 2 aromatic rings. The van der Waals surface area contributed by atoms with Gasteiger partial charge >= 0.3 is 26.2 Å². The van der Waals surface area contributed by atoms with Crippen LogP contribution in [0.2, 0.25) is 0 Å². The Morgan fingerprint density at radius 3 is 1.12 bits per heavy atom. The van der Waals surface area contributed by atoms with E-state index in [4.69, 9.17) is 39.6 Å². The molecule has 0 aliphatic rings. The van der Waals surface area contributed by atoms with Crippen LogP contribution in [0.25, 0.3) is 0 Å². The zero-order valence-corrected chi connectivity index (χ0v) is 16.9. The van der Waals surface area contributed by atoms with E-state index in [1.807, 2.05) is 30.3 Å². The van der Waals surface area contributed by atoms with Crippen LogP contribution in [0.4, 0.5) is 0 Å². The Balaban J connectivity index is -0.000000267. The molecular formula is C10H12O11S3Zr. The van der Waals surface area contributed by atoms with Crippen molar-refractivity contribution in [3.63, 3.8) is 0 Å². The largest absolute Gasteiger partial charge is 4.00 e. The van der Waals surface area contributed by atoms with Crippen molar-refractivity contribution >= 4 is 30.9 Å². The summed E-state index contributed by atoms with van der Waals surface area (Å²) in [6.07, 6.45) is 0. The van der Waals surface area contributed by atoms with Crippen LogP contribution in [-0.2, 0) is 57.1 Å². The van der Waals surface area contributed by atoms with Gasteiger partial charge in [0.25, 0.3) is 0 Å². The van der Waals surface area contributed by atoms with E-state index in [2.05, 4.69) is 0 Å². The molecule has 0 bridgehead atoms. The fourth-order valence-electron chi connectivity index (χ4n) is 0.849. The average Bonchev–Trinajstić information content (AvgIpc) is 3.01. The van der Waals surface area contributed by atoms with Crippen molar-refractivity contribution in [2.45, 2.75) is 4.90 Å². The Bertz CT molecular complexity index is 772. The maximum Gasteiger partial charge on any atom is 4.00 e. The van der Waals surface area contributed by atoms with Gasteiger partial charge in [0, 0.05) is 0 Å². The molecule has 0 aliphatic carbocycles. The zero-order chi connectivity index (χ0) is 19.4. The van der Waals surface area contributed by atoms with Crippen molar-refractivity contribution in [3.8, 4) is 0 Å². The third-order valence-corrected chi connectivity index (χ3v) is 2.35. The van der Waals surface area contributed by atoms with Gasteiger partial charge in [0.2, 0.25) is 30.9 Å². The van der Waals surface area contributed by atoms with E-state index in [-0.39, 0.29) is 31.1 Å². The van der Waals surface area contributed by atoms with E-state index in [1.165, 1.54) is 12.1 Å². The molecule has 2 rings (SSSR count). The van der Waals surface area contributed by atoms with Gasteiger partial charge in [-0.25, -0.2) is 49.5 Å². The molecule has 0 atom stereocenters. The van der Waals surface area contributed by atoms with Gasteiger partial charge in [-0.1, -0.05) is 0 Å². The molecule has 0 unspecified atom stereocenters. The Morgan fingerprint density at radius 1 is 0.720 bits per heavy atom. The minimum atomic E-state index is -4.92. The number of rotatable bonds is 1.